The summed E-state index contributed by atoms with van der Waals surface area (Å²) in [5.41, 5.74) is 2.92. The summed E-state index contributed by atoms with van der Waals surface area (Å²) in [6.07, 6.45) is 2.76. The lowest BCUT2D eigenvalue weighted by molar-refractivity contribution is 0.0794. The van der Waals surface area contributed by atoms with Crippen LogP contribution in [-0.2, 0) is 0 Å². The molecule has 1 aliphatic rings. The number of aryl methyl sites for hydroxylation is 1. The summed E-state index contributed by atoms with van der Waals surface area (Å²) in [5.74, 6) is 0.518. The lowest BCUT2D eigenvalue weighted by Crippen LogP contribution is -2.28. The van der Waals surface area contributed by atoms with Crippen molar-refractivity contribution >= 4 is 17.2 Å². The monoisotopic (exact) mass is 349 g/mol. The molecule has 3 aromatic rings. The number of carbonyl (C=O) groups excluding carboxylic acids is 1. The standard InChI is InChI=1S/C20H19N3OS/c1-14-18(25-19(22-14)17-9-5-6-11-21-17)20(24)23-12-10-16(13-23)15-7-3-2-4-8-15/h2-9,11,16H,10,12-13H2,1H3. The van der Waals surface area contributed by atoms with E-state index in [1.165, 1.54) is 16.9 Å². The van der Waals surface area contributed by atoms with Crippen LogP contribution in [0, 0.1) is 6.92 Å². The van der Waals surface area contributed by atoms with E-state index in [1.54, 1.807) is 6.20 Å². The van der Waals surface area contributed by atoms with E-state index in [9.17, 15) is 4.79 Å². The fraction of sp³-hybridized carbons (Fsp3) is 0.250. The van der Waals surface area contributed by atoms with E-state index >= 15 is 0 Å². The van der Waals surface area contributed by atoms with Crippen LogP contribution in [0.5, 0.6) is 0 Å². The molecule has 0 N–H and O–H groups in total. The Kier molecular flexibility index (Phi) is 4.32. The van der Waals surface area contributed by atoms with Crippen molar-refractivity contribution in [2.24, 2.45) is 0 Å². The van der Waals surface area contributed by atoms with Crippen LogP contribution in [0.1, 0.15) is 33.3 Å². The van der Waals surface area contributed by atoms with Crippen molar-refractivity contribution in [2.75, 3.05) is 13.1 Å². The normalized spacial score (nSPS) is 17.0. The van der Waals surface area contributed by atoms with E-state index in [-0.39, 0.29) is 5.91 Å². The van der Waals surface area contributed by atoms with Gasteiger partial charge in [-0.25, -0.2) is 4.98 Å². The van der Waals surface area contributed by atoms with Crippen LogP contribution in [0.2, 0.25) is 0 Å². The number of nitrogens with zero attached hydrogens (tertiary/aromatic N) is 3. The van der Waals surface area contributed by atoms with Gasteiger partial charge in [-0.2, -0.15) is 0 Å². The minimum atomic E-state index is 0.0932. The summed E-state index contributed by atoms with van der Waals surface area (Å²) in [4.78, 5) is 24.5. The number of benzene rings is 1. The summed E-state index contributed by atoms with van der Waals surface area (Å²) < 4.78 is 0. The third-order valence-corrected chi connectivity index (χ3v) is 5.79. The average molecular weight is 349 g/mol. The lowest BCUT2D eigenvalue weighted by Gasteiger charge is -2.16. The molecule has 1 saturated heterocycles. The van der Waals surface area contributed by atoms with Crippen molar-refractivity contribution in [3.63, 3.8) is 0 Å². The number of aromatic nitrogens is 2. The topological polar surface area (TPSA) is 46.1 Å². The molecule has 1 fully saturated rings. The summed E-state index contributed by atoms with van der Waals surface area (Å²) >= 11 is 1.44. The number of likely N-dealkylation sites (tertiary alicyclic amines) is 1. The first-order chi connectivity index (χ1) is 12.2. The molecule has 126 valence electrons. The van der Waals surface area contributed by atoms with Gasteiger partial charge in [0.25, 0.3) is 5.91 Å². The zero-order valence-electron chi connectivity index (χ0n) is 14.1. The molecule has 5 heteroatoms. The minimum Gasteiger partial charge on any atom is -0.337 e. The fourth-order valence-electron chi connectivity index (χ4n) is 3.28. The van der Waals surface area contributed by atoms with Gasteiger partial charge in [0, 0.05) is 25.2 Å². The second kappa shape index (κ2) is 6.76. The summed E-state index contributed by atoms with van der Waals surface area (Å²) in [6.45, 7) is 3.48. The highest BCUT2D eigenvalue weighted by atomic mass is 32.1. The molecule has 0 bridgehead atoms. The van der Waals surface area contributed by atoms with E-state index in [1.807, 2.05) is 36.1 Å². The number of hydrogen-bond donors (Lipinski definition) is 0. The van der Waals surface area contributed by atoms with Crippen molar-refractivity contribution in [2.45, 2.75) is 19.3 Å². The van der Waals surface area contributed by atoms with Crippen molar-refractivity contribution in [3.05, 3.63) is 70.9 Å². The smallest absolute Gasteiger partial charge is 0.265 e. The highest BCUT2D eigenvalue weighted by Crippen LogP contribution is 2.31. The van der Waals surface area contributed by atoms with Gasteiger partial charge in [-0.1, -0.05) is 36.4 Å². The molecule has 0 saturated carbocycles. The number of rotatable bonds is 3. The molecule has 1 unspecified atom stereocenters. The average Bonchev–Trinajstić information content (AvgIpc) is 3.30. The second-order valence-corrected chi connectivity index (χ2v) is 7.30. The number of hydrogen-bond acceptors (Lipinski definition) is 4. The van der Waals surface area contributed by atoms with Crippen LogP contribution in [0.4, 0.5) is 0 Å². The number of pyridine rings is 1. The van der Waals surface area contributed by atoms with E-state index in [4.69, 9.17) is 0 Å². The molecular formula is C20H19N3OS. The molecule has 0 spiro atoms. The van der Waals surface area contributed by atoms with E-state index < -0.39 is 0 Å². The molecular weight excluding hydrogens is 330 g/mol. The van der Waals surface area contributed by atoms with Crippen molar-refractivity contribution in [1.82, 2.24) is 14.9 Å². The van der Waals surface area contributed by atoms with Gasteiger partial charge in [0.15, 0.2) is 0 Å². The van der Waals surface area contributed by atoms with Crippen LogP contribution >= 0.6 is 11.3 Å². The SMILES string of the molecule is Cc1nc(-c2ccccn2)sc1C(=O)N1CCC(c2ccccc2)C1. The molecule has 3 heterocycles. The van der Waals surface area contributed by atoms with Gasteiger partial charge in [0.2, 0.25) is 0 Å². The number of carbonyl (C=O) groups is 1. The van der Waals surface area contributed by atoms with Gasteiger partial charge in [0.1, 0.15) is 9.88 Å². The minimum absolute atomic E-state index is 0.0932. The number of thiazole rings is 1. The molecule has 4 rings (SSSR count). The van der Waals surface area contributed by atoms with Gasteiger partial charge in [-0.05, 0) is 31.0 Å². The quantitative estimate of drug-likeness (QED) is 0.714. The van der Waals surface area contributed by atoms with Crippen LogP contribution in [0.15, 0.2) is 54.7 Å². The van der Waals surface area contributed by atoms with Crippen molar-refractivity contribution in [1.29, 1.82) is 0 Å². The highest BCUT2D eigenvalue weighted by molar-refractivity contribution is 7.17. The fourth-order valence-corrected chi connectivity index (χ4v) is 4.29. The first-order valence-corrected chi connectivity index (χ1v) is 9.27. The van der Waals surface area contributed by atoms with Crippen LogP contribution in [0.3, 0.4) is 0 Å². The molecule has 0 radical (unpaired) electrons. The maximum atomic E-state index is 13.0. The number of amides is 1. The molecule has 4 nitrogen and oxygen atoms in total. The first kappa shape index (κ1) is 16.0. The predicted octanol–water partition coefficient (Wildman–Crippen LogP) is 4.14. The Morgan fingerprint density at radius 3 is 2.72 bits per heavy atom. The largest absolute Gasteiger partial charge is 0.337 e. The molecule has 1 aliphatic heterocycles. The van der Waals surface area contributed by atoms with Crippen LogP contribution < -0.4 is 0 Å². The molecule has 1 aromatic carbocycles. The van der Waals surface area contributed by atoms with Gasteiger partial charge in [-0.15, -0.1) is 11.3 Å². The van der Waals surface area contributed by atoms with Gasteiger partial charge >= 0.3 is 0 Å². The van der Waals surface area contributed by atoms with Crippen molar-refractivity contribution < 1.29 is 4.79 Å². The Morgan fingerprint density at radius 1 is 1.16 bits per heavy atom. The van der Waals surface area contributed by atoms with Gasteiger partial charge in [0.05, 0.1) is 11.4 Å². The lowest BCUT2D eigenvalue weighted by atomic mass is 9.99. The summed E-state index contributed by atoms with van der Waals surface area (Å²) in [7, 11) is 0. The van der Waals surface area contributed by atoms with E-state index in [2.05, 4.69) is 34.2 Å². The second-order valence-electron chi connectivity index (χ2n) is 6.30. The van der Waals surface area contributed by atoms with Crippen molar-refractivity contribution in [3.8, 4) is 10.7 Å². The Balaban J connectivity index is 1.53. The highest BCUT2D eigenvalue weighted by Gasteiger charge is 2.30. The third-order valence-electron chi connectivity index (χ3n) is 4.62. The Labute approximate surface area is 151 Å². The first-order valence-electron chi connectivity index (χ1n) is 8.45. The van der Waals surface area contributed by atoms with Gasteiger partial charge in [-0.3, -0.25) is 9.78 Å². The zero-order valence-corrected chi connectivity index (χ0v) is 14.9. The van der Waals surface area contributed by atoms with Crippen LogP contribution in [-0.4, -0.2) is 33.9 Å². The Bertz CT molecular complexity index is 876. The maximum Gasteiger partial charge on any atom is 0.265 e. The third kappa shape index (κ3) is 3.20. The van der Waals surface area contributed by atoms with Gasteiger partial charge < -0.3 is 4.90 Å². The van der Waals surface area contributed by atoms with Crippen LogP contribution in [0.25, 0.3) is 10.7 Å². The maximum absolute atomic E-state index is 13.0. The summed E-state index contributed by atoms with van der Waals surface area (Å²) in [6, 6.07) is 16.2. The Morgan fingerprint density at radius 2 is 1.96 bits per heavy atom. The molecule has 2 aromatic heterocycles. The molecule has 25 heavy (non-hydrogen) atoms. The predicted molar refractivity (Wildman–Crippen MR) is 99.8 cm³/mol. The van der Waals surface area contributed by atoms with E-state index in [0.717, 1.165) is 40.8 Å². The van der Waals surface area contributed by atoms with E-state index in [0.29, 0.717) is 5.92 Å². The molecule has 1 atom stereocenters. The summed E-state index contributed by atoms with van der Waals surface area (Å²) in [5, 5.41) is 0.806. The molecule has 0 aliphatic carbocycles. The molecule has 1 amide bonds. The zero-order chi connectivity index (χ0) is 17.2. The Hall–Kier alpha value is -2.53.